The molecule has 1 saturated heterocycles. The van der Waals surface area contributed by atoms with Crippen LogP contribution in [-0.2, 0) is 14.9 Å². The van der Waals surface area contributed by atoms with Gasteiger partial charge < -0.3 is 15.4 Å². The van der Waals surface area contributed by atoms with Crippen LogP contribution in [0, 0.1) is 5.82 Å². The van der Waals surface area contributed by atoms with Crippen LogP contribution in [0.5, 0.6) is 0 Å². The number of nitrogens with two attached hydrogens (primary N) is 1. The maximum absolute atomic E-state index is 14.7. The fraction of sp³-hybridized carbons (Fsp3) is 0.304. The molecule has 2 aromatic carbocycles. The molecule has 0 unspecified atom stereocenters. The van der Waals surface area contributed by atoms with E-state index < -0.39 is 11.2 Å². The maximum atomic E-state index is 14.7. The summed E-state index contributed by atoms with van der Waals surface area (Å²) >= 11 is 1.25. The summed E-state index contributed by atoms with van der Waals surface area (Å²) in [5.74, 6) is -1.10. The Balaban J connectivity index is 1.83. The molecule has 0 bridgehead atoms. The Morgan fingerprint density at radius 2 is 1.90 bits per heavy atom. The highest BCUT2D eigenvalue weighted by atomic mass is 32.2. The van der Waals surface area contributed by atoms with Crippen molar-refractivity contribution < 1.29 is 18.7 Å². The molecule has 1 heterocycles. The number of halogens is 1. The number of ether oxygens (including phenoxy) is 1. The zero-order chi connectivity index (χ0) is 21.7. The normalized spacial score (nSPS) is 15.8. The molecule has 1 fully saturated rings. The monoisotopic (exact) mass is 428 g/mol. The van der Waals surface area contributed by atoms with Crippen molar-refractivity contribution in [2.75, 3.05) is 27.3 Å². The fourth-order valence-electron chi connectivity index (χ4n) is 3.43. The van der Waals surface area contributed by atoms with Gasteiger partial charge in [0, 0.05) is 54.9 Å². The van der Waals surface area contributed by atoms with Gasteiger partial charge in [-0.05, 0) is 48.7 Å². The first-order valence-electron chi connectivity index (χ1n) is 9.66. The third kappa shape index (κ3) is 4.91. The van der Waals surface area contributed by atoms with Crippen LogP contribution >= 0.6 is 11.8 Å². The topological polar surface area (TPSA) is 72.6 Å². The van der Waals surface area contributed by atoms with Gasteiger partial charge >= 0.3 is 0 Å². The van der Waals surface area contributed by atoms with E-state index in [-0.39, 0.29) is 11.7 Å². The lowest BCUT2D eigenvalue weighted by Crippen LogP contribution is -2.45. The van der Waals surface area contributed by atoms with Gasteiger partial charge in [0.25, 0.3) is 0 Å². The second-order valence-corrected chi connectivity index (χ2v) is 8.59. The van der Waals surface area contributed by atoms with Gasteiger partial charge in [0.05, 0.1) is 5.41 Å². The van der Waals surface area contributed by atoms with Crippen molar-refractivity contribution in [3.63, 3.8) is 0 Å². The van der Waals surface area contributed by atoms with Gasteiger partial charge in [0.15, 0.2) is 5.78 Å². The molecule has 0 spiro atoms. The molecule has 0 radical (unpaired) electrons. The maximum Gasteiger partial charge on any atom is 0.228 e. The van der Waals surface area contributed by atoms with Crippen molar-refractivity contribution >= 4 is 23.5 Å². The fourth-order valence-corrected chi connectivity index (χ4v) is 4.31. The van der Waals surface area contributed by atoms with Crippen LogP contribution in [0.15, 0.2) is 64.5 Å². The van der Waals surface area contributed by atoms with Crippen LogP contribution in [-0.4, -0.2) is 43.9 Å². The van der Waals surface area contributed by atoms with Gasteiger partial charge in [0.2, 0.25) is 5.91 Å². The quantitative estimate of drug-likeness (QED) is 0.537. The largest absolute Gasteiger partial charge is 0.383 e. The number of rotatable bonds is 7. The number of hydrogen-bond donors (Lipinski definition) is 1. The standard InChI is InChI=1S/C23H25FN2O3S/c1-26(2)11-8-20(27)16-6-7-21(19(24)14-16)30-18-5-3-4-17(15-18)23(22(25)28)9-12-29-13-10-23/h3-8,11,14-15H,9-10,12-13H2,1-2H3,(H2,25,28)/b11-8+. The van der Waals surface area contributed by atoms with Gasteiger partial charge in [0.1, 0.15) is 5.82 Å². The Kier molecular flexibility index (Phi) is 6.95. The molecule has 0 atom stereocenters. The molecule has 1 amide bonds. The number of amides is 1. The van der Waals surface area contributed by atoms with E-state index in [9.17, 15) is 14.0 Å². The van der Waals surface area contributed by atoms with E-state index in [0.717, 1.165) is 10.5 Å². The van der Waals surface area contributed by atoms with Gasteiger partial charge in [-0.1, -0.05) is 23.9 Å². The summed E-state index contributed by atoms with van der Waals surface area (Å²) in [4.78, 5) is 27.3. The predicted molar refractivity (Wildman–Crippen MR) is 115 cm³/mol. The summed E-state index contributed by atoms with van der Waals surface area (Å²) in [5.41, 5.74) is 6.10. The molecule has 158 valence electrons. The molecule has 2 aromatic rings. The molecule has 0 saturated carbocycles. The van der Waals surface area contributed by atoms with E-state index in [1.807, 2.05) is 24.3 Å². The van der Waals surface area contributed by atoms with Crippen molar-refractivity contribution in [1.82, 2.24) is 4.90 Å². The third-order valence-electron chi connectivity index (χ3n) is 5.17. The number of benzene rings is 2. The van der Waals surface area contributed by atoms with Crippen LogP contribution in [0.3, 0.4) is 0 Å². The summed E-state index contributed by atoms with van der Waals surface area (Å²) in [6, 6.07) is 11.9. The molecule has 1 aliphatic heterocycles. The van der Waals surface area contributed by atoms with E-state index in [1.165, 1.54) is 23.9 Å². The molecule has 3 rings (SSSR count). The highest BCUT2D eigenvalue weighted by Crippen LogP contribution is 2.38. The first kappa shape index (κ1) is 22.1. The third-order valence-corrected chi connectivity index (χ3v) is 6.21. The number of primary amides is 1. The Morgan fingerprint density at radius 1 is 1.17 bits per heavy atom. The highest BCUT2D eigenvalue weighted by Gasteiger charge is 2.40. The van der Waals surface area contributed by atoms with E-state index in [2.05, 4.69) is 0 Å². The lowest BCUT2D eigenvalue weighted by atomic mass is 9.73. The number of carbonyl (C=O) groups excluding carboxylic acids is 2. The van der Waals surface area contributed by atoms with Crippen molar-refractivity contribution in [3.05, 3.63) is 71.7 Å². The Bertz CT molecular complexity index is 969. The number of hydrogen-bond acceptors (Lipinski definition) is 5. The summed E-state index contributed by atoms with van der Waals surface area (Å²) in [5, 5.41) is 0. The van der Waals surface area contributed by atoms with Crippen molar-refractivity contribution in [1.29, 1.82) is 0 Å². The number of nitrogens with zero attached hydrogens (tertiary/aromatic N) is 1. The van der Waals surface area contributed by atoms with Gasteiger partial charge in [-0.25, -0.2) is 4.39 Å². The summed E-state index contributed by atoms with van der Waals surface area (Å²) in [6.45, 7) is 0.958. The second kappa shape index (κ2) is 9.45. The SMILES string of the molecule is CN(C)/C=C/C(=O)c1ccc(Sc2cccc(C3(C(N)=O)CCOCC3)c2)c(F)c1. The van der Waals surface area contributed by atoms with Crippen LogP contribution in [0.25, 0.3) is 0 Å². The lowest BCUT2D eigenvalue weighted by Gasteiger charge is -2.34. The zero-order valence-electron chi connectivity index (χ0n) is 17.1. The van der Waals surface area contributed by atoms with Crippen molar-refractivity contribution in [2.24, 2.45) is 5.73 Å². The smallest absolute Gasteiger partial charge is 0.228 e. The predicted octanol–water partition coefficient (Wildman–Crippen LogP) is 3.77. The molecule has 0 aromatic heterocycles. The first-order chi connectivity index (χ1) is 14.3. The molecule has 30 heavy (non-hydrogen) atoms. The number of allylic oxidation sites excluding steroid dienone is 1. The number of carbonyl (C=O) groups is 2. The molecule has 1 aliphatic rings. The molecular weight excluding hydrogens is 403 g/mol. The van der Waals surface area contributed by atoms with E-state index in [1.54, 1.807) is 37.3 Å². The first-order valence-corrected chi connectivity index (χ1v) is 10.5. The van der Waals surface area contributed by atoms with E-state index in [0.29, 0.717) is 36.5 Å². The second-order valence-electron chi connectivity index (χ2n) is 7.48. The van der Waals surface area contributed by atoms with Crippen LogP contribution in [0.2, 0.25) is 0 Å². The van der Waals surface area contributed by atoms with Crippen molar-refractivity contribution in [2.45, 2.75) is 28.0 Å². The minimum absolute atomic E-state index is 0.260. The number of ketones is 1. The van der Waals surface area contributed by atoms with Crippen LogP contribution < -0.4 is 5.73 Å². The molecule has 7 heteroatoms. The van der Waals surface area contributed by atoms with Gasteiger partial charge in [-0.2, -0.15) is 0 Å². The average Bonchev–Trinajstić information content (AvgIpc) is 2.74. The molecule has 0 aliphatic carbocycles. The van der Waals surface area contributed by atoms with Crippen molar-refractivity contribution in [3.8, 4) is 0 Å². The molecule has 5 nitrogen and oxygen atoms in total. The zero-order valence-corrected chi connectivity index (χ0v) is 17.9. The Hall–Kier alpha value is -2.64. The van der Waals surface area contributed by atoms with Gasteiger partial charge in [-0.3, -0.25) is 9.59 Å². The summed E-state index contributed by atoms with van der Waals surface area (Å²) in [7, 11) is 3.61. The van der Waals surface area contributed by atoms with Gasteiger partial charge in [-0.15, -0.1) is 0 Å². The average molecular weight is 429 g/mol. The highest BCUT2D eigenvalue weighted by molar-refractivity contribution is 7.99. The Labute approximate surface area is 180 Å². The molecule has 2 N–H and O–H groups in total. The summed E-state index contributed by atoms with van der Waals surface area (Å²) in [6.07, 6.45) is 4.09. The minimum atomic E-state index is -0.761. The van der Waals surface area contributed by atoms with E-state index >= 15 is 0 Å². The van der Waals surface area contributed by atoms with Crippen LogP contribution in [0.4, 0.5) is 4.39 Å². The minimum Gasteiger partial charge on any atom is -0.383 e. The lowest BCUT2D eigenvalue weighted by molar-refractivity contribution is -0.127. The molecular formula is C23H25FN2O3S. The summed E-state index contributed by atoms with van der Waals surface area (Å²) < 4.78 is 20.1. The van der Waals surface area contributed by atoms with E-state index in [4.69, 9.17) is 10.5 Å². The van der Waals surface area contributed by atoms with Crippen LogP contribution in [0.1, 0.15) is 28.8 Å². The Morgan fingerprint density at radius 3 is 2.53 bits per heavy atom.